The van der Waals surface area contributed by atoms with Gasteiger partial charge in [0.15, 0.2) is 0 Å². The maximum atomic E-state index is 12.1. The van der Waals surface area contributed by atoms with Gasteiger partial charge >= 0.3 is 0 Å². The zero-order valence-electron chi connectivity index (χ0n) is 10.6. The predicted octanol–water partition coefficient (Wildman–Crippen LogP) is 2.50. The molecular weight excluding hydrogens is 226 g/mol. The summed E-state index contributed by atoms with van der Waals surface area (Å²) in [6.45, 7) is 0. The van der Waals surface area contributed by atoms with Crippen LogP contribution in [0.1, 0.15) is 25.7 Å². The van der Waals surface area contributed by atoms with E-state index in [0.717, 1.165) is 11.5 Å². The lowest BCUT2D eigenvalue weighted by Gasteiger charge is -2.05. The summed E-state index contributed by atoms with van der Waals surface area (Å²) in [4.78, 5) is 16.3. The molecule has 2 aliphatic rings. The number of fused-ring (bicyclic) bond motifs is 1. The van der Waals surface area contributed by atoms with Gasteiger partial charge in [-0.3, -0.25) is 4.79 Å². The molecular formula is C14H19N3O. The van der Waals surface area contributed by atoms with Crippen LogP contribution in [0.4, 0.5) is 11.5 Å². The van der Waals surface area contributed by atoms with Gasteiger partial charge in [-0.2, -0.15) is 0 Å². The summed E-state index contributed by atoms with van der Waals surface area (Å²) >= 11 is 0. The lowest BCUT2D eigenvalue weighted by Crippen LogP contribution is -2.15. The van der Waals surface area contributed by atoms with Gasteiger partial charge in [0.2, 0.25) is 5.91 Å². The number of hydrogen-bond acceptors (Lipinski definition) is 3. The molecule has 3 rings (SSSR count). The van der Waals surface area contributed by atoms with Crippen LogP contribution >= 0.6 is 0 Å². The Morgan fingerprint density at radius 2 is 2.00 bits per heavy atom. The molecule has 2 saturated carbocycles. The Morgan fingerprint density at radius 1 is 1.28 bits per heavy atom. The van der Waals surface area contributed by atoms with E-state index < -0.39 is 0 Å². The molecule has 2 atom stereocenters. The molecule has 2 aliphatic carbocycles. The van der Waals surface area contributed by atoms with Crippen molar-refractivity contribution in [3.63, 3.8) is 0 Å². The average molecular weight is 245 g/mol. The topological polar surface area (TPSA) is 54.0 Å². The first-order valence-electron chi connectivity index (χ1n) is 6.74. The zero-order valence-corrected chi connectivity index (χ0v) is 10.6. The van der Waals surface area contributed by atoms with E-state index >= 15 is 0 Å². The Kier molecular flexibility index (Phi) is 2.94. The summed E-state index contributed by atoms with van der Waals surface area (Å²) in [6, 6.07) is 3.76. The number of hydrogen-bond donors (Lipinski definition) is 2. The monoisotopic (exact) mass is 245 g/mol. The van der Waals surface area contributed by atoms with E-state index in [2.05, 4.69) is 15.6 Å². The van der Waals surface area contributed by atoms with Crippen LogP contribution in [0.3, 0.4) is 0 Å². The molecule has 96 valence electrons. The Labute approximate surface area is 107 Å². The lowest BCUT2D eigenvalue weighted by molar-refractivity contribution is -0.117. The Morgan fingerprint density at radius 3 is 2.56 bits per heavy atom. The minimum atomic E-state index is 0.186. The highest BCUT2D eigenvalue weighted by Gasteiger charge is 2.54. The molecule has 0 saturated heterocycles. The van der Waals surface area contributed by atoms with Crippen LogP contribution in [0.15, 0.2) is 18.3 Å². The van der Waals surface area contributed by atoms with Crippen molar-refractivity contribution in [3.8, 4) is 0 Å². The number of nitrogens with zero attached hydrogens (tertiary/aromatic N) is 1. The molecule has 1 aromatic heterocycles. The molecule has 0 bridgehead atoms. The second-order valence-electron chi connectivity index (χ2n) is 5.31. The normalized spacial score (nSPS) is 29.3. The van der Waals surface area contributed by atoms with Crippen molar-refractivity contribution < 1.29 is 4.79 Å². The van der Waals surface area contributed by atoms with Gasteiger partial charge in [-0.05, 0) is 36.8 Å². The Hall–Kier alpha value is -1.58. The summed E-state index contributed by atoms with van der Waals surface area (Å²) in [5, 5.41) is 5.94. The number of aromatic nitrogens is 1. The standard InChI is InChI=1S/C14H19N3O/c1-15-12-7-6-9(8-16-12)17-14(18)13-10-4-2-3-5-11(10)13/h6-8,10-11,13H,2-5H2,1H3,(H,15,16)(H,17,18). The fourth-order valence-corrected chi connectivity index (χ4v) is 3.22. The fourth-order valence-electron chi connectivity index (χ4n) is 3.22. The van der Waals surface area contributed by atoms with E-state index in [4.69, 9.17) is 0 Å². The molecule has 0 spiro atoms. The SMILES string of the molecule is CNc1ccc(NC(=O)C2C3CCCCC32)cn1. The summed E-state index contributed by atoms with van der Waals surface area (Å²) in [7, 11) is 1.83. The molecule has 2 fully saturated rings. The summed E-state index contributed by atoms with van der Waals surface area (Å²) in [6.07, 6.45) is 6.77. The van der Waals surface area contributed by atoms with Crippen LogP contribution in [-0.2, 0) is 4.79 Å². The molecule has 1 aromatic rings. The van der Waals surface area contributed by atoms with Crippen LogP contribution in [0.25, 0.3) is 0 Å². The molecule has 1 heterocycles. The molecule has 2 unspecified atom stereocenters. The van der Waals surface area contributed by atoms with Crippen molar-refractivity contribution in [2.24, 2.45) is 17.8 Å². The third kappa shape index (κ3) is 2.07. The van der Waals surface area contributed by atoms with Gasteiger partial charge in [-0.15, -0.1) is 0 Å². The van der Waals surface area contributed by atoms with E-state index in [1.165, 1.54) is 25.7 Å². The predicted molar refractivity (Wildman–Crippen MR) is 71.4 cm³/mol. The van der Waals surface area contributed by atoms with Gasteiger partial charge in [-0.25, -0.2) is 4.98 Å². The van der Waals surface area contributed by atoms with Crippen LogP contribution in [-0.4, -0.2) is 17.9 Å². The minimum absolute atomic E-state index is 0.186. The molecule has 0 aliphatic heterocycles. The van der Waals surface area contributed by atoms with Gasteiger partial charge in [0.25, 0.3) is 0 Å². The number of carbonyl (C=O) groups is 1. The zero-order chi connectivity index (χ0) is 12.5. The van der Waals surface area contributed by atoms with Gasteiger partial charge < -0.3 is 10.6 Å². The smallest absolute Gasteiger partial charge is 0.228 e. The van der Waals surface area contributed by atoms with E-state index in [-0.39, 0.29) is 11.8 Å². The van der Waals surface area contributed by atoms with Crippen LogP contribution in [0.2, 0.25) is 0 Å². The van der Waals surface area contributed by atoms with Crippen LogP contribution in [0, 0.1) is 17.8 Å². The first-order valence-corrected chi connectivity index (χ1v) is 6.74. The van der Waals surface area contributed by atoms with Gasteiger partial charge in [0, 0.05) is 13.0 Å². The number of rotatable bonds is 3. The molecule has 4 heteroatoms. The van der Waals surface area contributed by atoms with E-state index in [9.17, 15) is 4.79 Å². The Bertz CT molecular complexity index is 431. The van der Waals surface area contributed by atoms with Gasteiger partial charge in [-0.1, -0.05) is 12.8 Å². The van der Waals surface area contributed by atoms with E-state index in [0.29, 0.717) is 11.8 Å². The molecule has 0 aromatic carbocycles. The number of pyridine rings is 1. The first-order chi connectivity index (χ1) is 8.79. The number of amides is 1. The van der Waals surface area contributed by atoms with Crippen molar-refractivity contribution in [3.05, 3.63) is 18.3 Å². The minimum Gasteiger partial charge on any atom is -0.373 e. The summed E-state index contributed by atoms with van der Waals surface area (Å²) < 4.78 is 0. The van der Waals surface area contributed by atoms with E-state index in [1.54, 1.807) is 6.20 Å². The van der Waals surface area contributed by atoms with Crippen molar-refractivity contribution in [2.75, 3.05) is 17.7 Å². The molecule has 1 amide bonds. The number of nitrogens with one attached hydrogen (secondary N) is 2. The van der Waals surface area contributed by atoms with Gasteiger partial charge in [0.05, 0.1) is 11.9 Å². The molecule has 18 heavy (non-hydrogen) atoms. The third-order valence-corrected chi connectivity index (χ3v) is 4.25. The van der Waals surface area contributed by atoms with Crippen LogP contribution < -0.4 is 10.6 Å². The molecule has 2 N–H and O–H groups in total. The Balaban J connectivity index is 1.60. The highest BCUT2D eigenvalue weighted by atomic mass is 16.2. The second-order valence-corrected chi connectivity index (χ2v) is 5.31. The fraction of sp³-hybridized carbons (Fsp3) is 0.571. The van der Waals surface area contributed by atoms with Crippen molar-refractivity contribution >= 4 is 17.4 Å². The maximum absolute atomic E-state index is 12.1. The lowest BCUT2D eigenvalue weighted by atomic mass is 10.0. The van der Waals surface area contributed by atoms with Crippen molar-refractivity contribution in [1.29, 1.82) is 0 Å². The van der Waals surface area contributed by atoms with Crippen LogP contribution in [0.5, 0.6) is 0 Å². The molecule has 4 nitrogen and oxygen atoms in total. The van der Waals surface area contributed by atoms with Crippen molar-refractivity contribution in [2.45, 2.75) is 25.7 Å². The van der Waals surface area contributed by atoms with Gasteiger partial charge in [0.1, 0.15) is 5.82 Å². The third-order valence-electron chi connectivity index (χ3n) is 4.25. The molecule has 0 radical (unpaired) electrons. The highest BCUT2D eigenvalue weighted by molar-refractivity contribution is 5.94. The quantitative estimate of drug-likeness (QED) is 0.860. The largest absolute Gasteiger partial charge is 0.373 e. The van der Waals surface area contributed by atoms with E-state index in [1.807, 2.05) is 19.2 Å². The second kappa shape index (κ2) is 4.59. The first kappa shape index (κ1) is 11.5. The number of carbonyl (C=O) groups excluding carboxylic acids is 1. The average Bonchev–Trinajstić information content (AvgIpc) is 3.14. The summed E-state index contributed by atoms with van der Waals surface area (Å²) in [5.74, 6) is 2.57. The van der Waals surface area contributed by atoms with Crippen molar-refractivity contribution in [1.82, 2.24) is 4.98 Å². The number of anilines is 2. The maximum Gasteiger partial charge on any atom is 0.228 e. The summed E-state index contributed by atoms with van der Waals surface area (Å²) in [5.41, 5.74) is 0.794. The highest BCUT2D eigenvalue weighted by Crippen LogP contribution is 2.55.